The van der Waals surface area contributed by atoms with Gasteiger partial charge in [0, 0.05) is 5.41 Å². The van der Waals surface area contributed by atoms with E-state index in [1.54, 1.807) is 18.2 Å². The number of phenols is 2. The summed E-state index contributed by atoms with van der Waals surface area (Å²) in [7, 11) is 0. The van der Waals surface area contributed by atoms with Crippen LogP contribution in [0.15, 0.2) is 42.5 Å². The van der Waals surface area contributed by atoms with Crippen molar-refractivity contribution in [2.24, 2.45) is 0 Å². The molecule has 2 aromatic carbocycles. The molecule has 1 atom stereocenters. The van der Waals surface area contributed by atoms with Gasteiger partial charge in [0.25, 0.3) is 0 Å². The number of hydrogen-bond acceptors (Lipinski definition) is 2. The summed E-state index contributed by atoms with van der Waals surface area (Å²) in [6.07, 6.45) is 0.946. The van der Waals surface area contributed by atoms with Crippen molar-refractivity contribution in [2.45, 2.75) is 32.6 Å². The maximum Gasteiger partial charge on any atom is 0.118 e. The molecule has 100 valence electrons. The summed E-state index contributed by atoms with van der Waals surface area (Å²) in [5.74, 6) is 0.608. The van der Waals surface area contributed by atoms with Crippen molar-refractivity contribution in [3.05, 3.63) is 59.2 Å². The fourth-order valence-corrected chi connectivity index (χ4v) is 2.40. The van der Waals surface area contributed by atoms with E-state index in [-0.39, 0.29) is 11.2 Å². The first-order chi connectivity index (χ1) is 8.97. The average molecular weight is 256 g/mol. The molecule has 0 radical (unpaired) electrons. The predicted molar refractivity (Wildman–Crippen MR) is 77.7 cm³/mol. The molecular weight excluding hydrogens is 236 g/mol. The maximum absolute atomic E-state index is 9.66. The molecule has 0 aliphatic rings. The van der Waals surface area contributed by atoms with Gasteiger partial charge in [0.15, 0.2) is 0 Å². The van der Waals surface area contributed by atoms with Gasteiger partial charge >= 0.3 is 0 Å². The standard InChI is InChI=1S/C17H20O2/c1-4-17(3,13-5-8-15(18)9-6-13)14-7-10-16(19)12(2)11-14/h5-11,18-19H,4H2,1-3H3. The van der Waals surface area contributed by atoms with Crippen molar-refractivity contribution in [3.8, 4) is 11.5 Å². The first kappa shape index (κ1) is 13.5. The Labute approximate surface area is 114 Å². The zero-order valence-corrected chi connectivity index (χ0v) is 11.6. The van der Waals surface area contributed by atoms with Crippen LogP contribution in [0.5, 0.6) is 11.5 Å². The molecule has 0 saturated carbocycles. The third kappa shape index (κ3) is 2.43. The van der Waals surface area contributed by atoms with Crippen molar-refractivity contribution >= 4 is 0 Å². The highest BCUT2D eigenvalue weighted by Crippen LogP contribution is 2.37. The molecular formula is C17H20O2. The number of aromatic hydroxyl groups is 2. The van der Waals surface area contributed by atoms with Gasteiger partial charge in [0.2, 0.25) is 0 Å². The highest BCUT2D eigenvalue weighted by molar-refractivity contribution is 5.44. The van der Waals surface area contributed by atoms with Crippen molar-refractivity contribution in [1.82, 2.24) is 0 Å². The topological polar surface area (TPSA) is 40.5 Å². The van der Waals surface area contributed by atoms with E-state index in [4.69, 9.17) is 0 Å². The van der Waals surface area contributed by atoms with Gasteiger partial charge in [-0.15, -0.1) is 0 Å². The Morgan fingerprint density at radius 2 is 1.53 bits per heavy atom. The van der Waals surface area contributed by atoms with E-state index in [0.29, 0.717) is 5.75 Å². The van der Waals surface area contributed by atoms with Crippen LogP contribution < -0.4 is 0 Å². The van der Waals surface area contributed by atoms with Gasteiger partial charge in [-0.1, -0.05) is 38.1 Å². The lowest BCUT2D eigenvalue weighted by Gasteiger charge is -2.30. The summed E-state index contributed by atoms with van der Waals surface area (Å²) in [5.41, 5.74) is 3.11. The third-order valence-corrected chi connectivity index (χ3v) is 4.05. The van der Waals surface area contributed by atoms with E-state index >= 15 is 0 Å². The Hall–Kier alpha value is -1.96. The molecule has 0 bridgehead atoms. The van der Waals surface area contributed by atoms with E-state index in [1.165, 1.54) is 5.56 Å². The second kappa shape index (κ2) is 4.96. The molecule has 0 heterocycles. The van der Waals surface area contributed by atoms with Gasteiger partial charge in [-0.05, 0) is 48.2 Å². The summed E-state index contributed by atoms with van der Waals surface area (Å²) in [6.45, 7) is 6.24. The smallest absolute Gasteiger partial charge is 0.118 e. The fraction of sp³-hybridized carbons (Fsp3) is 0.294. The van der Waals surface area contributed by atoms with Crippen LogP contribution in [-0.2, 0) is 5.41 Å². The Kier molecular flexibility index (Phi) is 3.52. The van der Waals surface area contributed by atoms with Crippen molar-refractivity contribution < 1.29 is 10.2 Å². The molecule has 0 spiro atoms. The van der Waals surface area contributed by atoms with E-state index in [2.05, 4.69) is 13.8 Å². The Morgan fingerprint density at radius 3 is 2.05 bits per heavy atom. The lowest BCUT2D eigenvalue weighted by Crippen LogP contribution is -2.22. The minimum Gasteiger partial charge on any atom is -0.508 e. The van der Waals surface area contributed by atoms with Gasteiger partial charge < -0.3 is 10.2 Å². The lowest BCUT2D eigenvalue weighted by molar-refractivity contribution is 0.468. The van der Waals surface area contributed by atoms with Crippen molar-refractivity contribution in [2.75, 3.05) is 0 Å². The van der Waals surface area contributed by atoms with Crippen LogP contribution >= 0.6 is 0 Å². The third-order valence-electron chi connectivity index (χ3n) is 4.05. The van der Waals surface area contributed by atoms with Crippen LogP contribution in [0, 0.1) is 6.92 Å². The normalized spacial score (nSPS) is 14.1. The van der Waals surface area contributed by atoms with Crippen LogP contribution in [0.3, 0.4) is 0 Å². The molecule has 0 fully saturated rings. The van der Waals surface area contributed by atoms with Crippen LogP contribution in [-0.4, -0.2) is 10.2 Å². The molecule has 0 aromatic heterocycles. The molecule has 1 unspecified atom stereocenters. The molecule has 2 aromatic rings. The van der Waals surface area contributed by atoms with E-state index in [9.17, 15) is 10.2 Å². The number of hydrogen-bond donors (Lipinski definition) is 2. The number of benzene rings is 2. The van der Waals surface area contributed by atoms with Crippen molar-refractivity contribution in [3.63, 3.8) is 0 Å². The summed E-state index contributed by atoms with van der Waals surface area (Å²) >= 11 is 0. The molecule has 0 aliphatic heterocycles. The number of rotatable bonds is 3. The van der Waals surface area contributed by atoms with Gasteiger partial charge in [-0.2, -0.15) is 0 Å². The van der Waals surface area contributed by atoms with E-state index in [0.717, 1.165) is 17.5 Å². The zero-order valence-electron chi connectivity index (χ0n) is 11.6. The summed E-state index contributed by atoms with van der Waals surface area (Å²) in [5, 5.41) is 19.1. The Morgan fingerprint density at radius 1 is 0.947 bits per heavy atom. The van der Waals surface area contributed by atoms with Crippen LogP contribution in [0.25, 0.3) is 0 Å². The monoisotopic (exact) mass is 256 g/mol. The second-order valence-electron chi connectivity index (χ2n) is 5.23. The minimum atomic E-state index is -0.119. The first-order valence-electron chi connectivity index (χ1n) is 6.57. The predicted octanol–water partition coefficient (Wildman–Crippen LogP) is 4.12. The van der Waals surface area contributed by atoms with Crippen LogP contribution in [0.1, 0.15) is 37.0 Å². The number of phenolic OH excluding ortho intramolecular Hbond substituents is 2. The molecule has 2 rings (SSSR count). The van der Waals surface area contributed by atoms with Gasteiger partial charge in [-0.3, -0.25) is 0 Å². The Bertz CT molecular complexity index is 572. The molecule has 0 aliphatic carbocycles. The van der Waals surface area contributed by atoms with E-state index in [1.807, 2.05) is 31.2 Å². The summed E-state index contributed by atoms with van der Waals surface area (Å²) in [4.78, 5) is 0. The second-order valence-corrected chi connectivity index (χ2v) is 5.23. The highest BCUT2D eigenvalue weighted by Gasteiger charge is 2.27. The molecule has 0 amide bonds. The molecule has 19 heavy (non-hydrogen) atoms. The quantitative estimate of drug-likeness (QED) is 0.867. The summed E-state index contributed by atoms with van der Waals surface area (Å²) < 4.78 is 0. The van der Waals surface area contributed by atoms with Gasteiger partial charge in [0.05, 0.1) is 0 Å². The van der Waals surface area contributed by atoms with Gasteiger partial charge in [-0.25, -0.2) is 0 Å². The molecule has 0 saturated heterocycles. The number of aryl methyl sites for hydroxylation is 1. The SMILES string of the molecule is CCC(C)(c1ccc(O)cc1)c1ccc(O)c(C)c1. The molecule has 2 N–H and O–H groups in total. The Balaban J connectivity index is 2.52. The van der Waals surface area contributed by atoms with Crippen LogP contribution in [0.4, 0.5) is 0 Å². The first-order valence-corrected chi connectivity index (χ1v) is 6.57. The largest absolute Gasteiger partial charge is 0.508 e. The maximum atomic E-state index is 9.66. The van der Waals surface area contributed by atoms with Crippen molar-refractivity contribution in [1.29, 1.82) is 0 Å². The fourth-order valence-electron chi connectivity index (χ4n) is 2.40. The average Bonchev–Trinajstić information content (AvgIpc) is 2.42. The lowest BCUT2D eigenvalue weighted by atomic mass is 9.74. The molecule has 2 heteroatoms. The zero-order chi connectivity index (χ0) is 14.0. The highest BCUT2D eigenvalue weighted by atomic mass is 16.3. The van der Waals surface area contributed by atoms with Crippen LogP contribution in [0.2, 0.25) is 0 Å². The molecule has 2 nitrogen and oxygen atoms in total. The summed E-state index contributed by atoms with van der Waals surface area (Å²) in [6, 6.07) is 13.1. The minimum absolute atomic E-state index is 0.119. The van der Waals surface area contributed by atoms with E-state index < -0.39 is 0 Å². The van der Waals surface area contributed by atoms with Gasteiger partial charge in [0.1, 0.15) is 11.5 Å².